The summed E-state index contributed by atoms with van der Waals surface area (Å²) >= 11 is 0. The van der Waals surface area contributed by atoms with Gasteiger partial charge in [-0.15, -0.1) is 0 Å². The Morgan fingerprint density at radius 1 is 0.493 bits per heavy atom. The Balaban J connectivity index is 2.72. The Bertz CT molecular complexity index is 1350. The van der Waals surface area contributed by atoms with Gasteiger partial charge in [0.05, 0.1) is 6.61 Å². The number of aliphatic hydroxyl groups is 2. The van der Waals surface area contributed by atoms with E-state index in [4.69, 9.17) is 23.7 Å². The van der Waals surface area contributed by atoms with Gasteiger partial charge in [0.1, 0.15) is 18.8 Å². The standard InChI is InChI=1S/C57H100O12/c1-4-7-10-13-16-19-22-25-28-31-34-37-40-43-49(58)65-46-48(67-50(59)44-41-38-35-32-29-26-23-20-17-14-11-8-5-2)47-66-57-55(53(62)52(61)54(69-57)56(63)64)68-51(60)45-42-39-36-33-30-27-24-21-18-15-12-9-6-3/h9,12,18,21,27,30,48,52-55,57,61-62H,4-8,10-11,13-17,19-20,22-26,28-29,31-47H2,1-3H3,(H,63,64)/b12-9-,21-18-,30-27-. The van der Waals surface area contributed by atoms with Crippen LogP contribution in [-0.2, 0) is 42.9 Å². The summed E-state index contributed by atoms with van der Waals surface area (Å²) in [6, 6.07) is 0. The van der Waals surface area contributed by atoms with Gasteiger partial charge in [-0.25, -0.2) is 4.79 Å². The van der Waals surface area contributed by atoms with E-state index in [-0.39, 0.29) is 25.9 Å². The van der Waals surface area contributed by atoms with Crippen molar-refractivity contribution in [2.24, 2.45) is 0 Å². The minimum atomic E-state index is -1.91. The number of carbonyl (C=O) groups excluding carboxylic acids is 3. The zero-order chi connectivity index (χ0) is 50.4. The molecule has 6 unspecified atom stereocenters. The van der Waals surface area contributed by atoms with Gasteiger partial charge in [0, 0.05) is 19.3 Å². The van der Waals surface area contributed by atoms with E-state index in [9.17, 15) is 34.5 Å². The number of carbonyl (C=O) groups is 4. The van der Waals surface area contributed by atoms with Crippen LogP contribution in [0.25, 0.3) is 0 Å². The van der Waals surface area contributed by atoms with Crippen molar-refractivity contribution in [3.63, 3.8) is 0 Å². The first kappa shape index (κ1) is 64.0. The molecule has 1 aliphatic heterocycles. The van der Waals surface area contributed by atoms with Crippen LogP contribution in [0, 0.1) is 0 Å². The summed E-state index contributed by atoms with van der Waals surface area (Å²) in [7, 11) is 0. The summed E-state index contributed by atoms with van der Waals surface area (Å²) in [4.78, 5) is 50.9. The van der Waals surface area contributed by atoms with Gasteiger partial charge in [0.25, 0.3) is 0 Å². The topological polar surface area (TPSA) is 175 Å². The average molecular weight is 977 g/mol. The zero-order valence-electron chi connectivity index (χ0n) is 43.8. The third kappa shape index (κ3) is 36.5. The first-order valence-electron chi connectivity index (χ1n) is 28.0. The number of aliphatic carboxylic acids is 1. The van der Waals surface area contributed by atoms with Crippen LogP contribution in [-0.4, -0.2) is 89.2 Å². The molecular formula is C57H100O12. The monoisotopic (exact) mass is 977 g/mol. The van der Waals surface area contributed by atoms with Crippen LogP contribution in [0.4, 0.5) is 0 Å². The van der Waals surface area contributed by atoms with Crippen molar-refractivity contribution in [3.05, 3.63) is 36.5 Å². The van der Waals surface area contributed by atoms with Gasteiger partial charge < -0.3 is 39.0 Å². The number of hydrogen-bond acceptors (Lipinski definition) is 11. The summed E-state index contributed by atoms with van der Waals surface area (Å²) in [6.07, 6.45) is 39.8. The Morgan fingerprint density at radius 2 is 0.913 bits per heavy atom. The smallest absolute Gasteiger partial charge is 0.335 e. The number of esters is 3. The number of rotatable bonds is 47. The van der Waals surface area contributed by atoms with Crippen molar-refractivity contribution < 1.29 is 58.2 Å². The average Bonchev–Trinajstić information content (AvgIpc) is 3.33. The molecule has 0 radical (unpaired) electrons. The van der Waals surface area contributed by atoms with Crippen molar-refractivity contribution in [3.8, 4) is 0 Å². The highest BCUT2D eigenvalue weighted by Gasteiger charge is 2.50. The molecule has 0 aromatic rings. The molecule has 6 atom stereocenters. The van der Waals surface area contributed by atoms with E-state index in [0.717, 1.165) is 77.0 Å². The molecule has 3 N–H and O–H groups in total. The second kappa shape index (κ2) is 46.0. The molecule has 0 bridgehead atoms. The van der Waals surface area contributed by atoms with Gasteiger partial charge in [-0.3, -0.25) is 14.4 Å². The van der Waals surface area contributed by atoms with Crippen LogP contribution < -0.4 is 0 Å². The molecule has 0 spiro atoms. The third-order valence-corrected chi connectivity index (χ3v) is 12.7. The summed E-state index contributed by atoms with van der Waals surface area (Å²) in [6.45, 7) is 5.86. The Labute approximate surface area is 419 Å². The van der Waals surface area contributed by atoms with E-state index < -0.39 is 67.3 Å². The highest BCUT2D eigenvalue weighted by molar-refractivity contribution is 5.74. The second-order valence-electron chi connectivity index (χ2n) is 19.2. The third-order valence-electron chi connectivity index (χ3n) is 12.7. The molecule has 12 heteroatoms. The lowest BCUT2D eigenvalue weighted by Gasteiger charge is -2.40. The second-order valence-corrected chi connectivity index (χ2v) is 19.2. The predicted molar refractivity (Wildman–Crippen MR) is 276 cm³/mol. The molecule has 12 nitrogen and oxygen atoms in total. The summed E-state index contributed by atoms with van der Waals surface area (Å²) in [5.41, 5.74) is 0. The van der Waals surface area contributed by atoms with Gasteiger partial charge >= 0.3 is 23.9 Å². The first-order chi connectivity index (χ1) is 33.6. The molecule has 1 heterocycles. The lowest BCUT2D eigenvalue weighted by atomic mass is 9.98. The molecule has 1 rings (SSSR count). The summed E-state index contributed by atoms with van der Waals surface area (Å²) < 4.78 is 28.3. The van der Waals surface area contributed by atoms with Gasteiger partial charge in [0.2, 0.25) is 0 Å². The fourth-order valence-corrected chi connectivity index (χ4v) is 8.44. The van der Waals surface area contributed by atoms with Gasteiger partial charge in [-0.1, -0.05) is 218 Å². The van der Waals surface area contributed by atoms with Crippen LogP contribution >= 0.6 is 0 Å². The fourth-order valence-electron chi connectivity index (χ4n) is 8.44. The SMILES string of the molecule is CC/C=C\C/C=C\C/C=C\CCCCCC(=O)OC1C(OCC(COC(=O)CCCCCCCCCCCCCCC)OC(=O)CCCCCCCCCCCCCCC)OC(C(=O)O)C(O)C1O. The van der Waals surface area contributed by atoms with Crippen molar-refractivity contribution in [2.75, 3.05) is 13.2 Å². The molecule has 0 aromatic carbocycles. The number of carboxylic acids is 1. The molecule has 1 fully saturated rings. The van der Waals surface area contributed by atoms with E-state index >= 15 is 0 Å². The van der Waals surface area contributed by atoms with Gasteiger partial charge in [-0.2, -0.15) is 0 Å². The van der Waals surface area contributed by atoms with Crippen LogP contribution in [0.15, 0.2) is 36.5 Å². The maximum absolute atomic E-state index is 13.1. The maximum Gasteiger partial charge on any atom is 0.335 e. The predicted octanol–water partition coefficient (Wildman–Crippen LogP) is 13.7. The van der Waals surface area contributed by atoms with Crippen molar-refractivity contribution in [1.29, 1.82) is 0 Å². The van der Waals surface area contributed by atoms with E-state index in [1.165, 1.54) is 116 Å². The number of ether oxygens (including phenoxy) is 5. The molecule has 0 saturated carbocycles. The fraction of sp³-hybridized carbons (Fsp3) is 0.825. The molecular weight excluding hydrogens is 877 g/mol. The molecule has 400 valence electrons. The maximum atomic E-state index is 13.1. The van der Waals surface area contributed by atoms with Crippen LogP contribution in [0.3, 0.4) is 0 Å². The number of aliphatic hydroxyl groups excluding tert-OH is 2. The van der Waals surface area contributed by atoms with E-state index in [2.05, 4.69) is 57.2 Å². The Kier molecular flexibility index (Phi) is 42.7. The van der Waals surface area contributed by atoms with Crippen LogP contribution in [0.2, 0.25) is 0 Å². The van der Waals surface area contributed by atoms with Crippen LogP contribution in [0.1, 0.15) is 252 Å². The summed E-state index contributed by atoms with van der Waals surface area (Å²) in [5.74, 6) is -3.14. The van der Waals surface area contributed by atoms with E-state index in [1.54, 1.807) is 0 Å². The number of unbranched alkanes of at least 4 members (excludes halogenated alkanes) is 27. The lowest BCUT2D eigenvalue weighted by Crippen LogP contribution is -2.61. The molecule has 69 heavy (non-hydrogen) atoms. The normalized spacial score (nSPS) is 18.9. The van der Waals surface area contributed by atoms with Crippen LogP contribution in [0.5, 0.6) is 0 Å². The molecule has 0 aliphatic carbocycles. The highest BCUT2D eigenvalue weighted by atomic mass is 16.7. The Hall–Kier alpha value is -3.06. The van der Waals surface area contributed by atoms with E-state index in [1.807, 2.05) is 0 Å². The minimum Gasteiger partial charge on any atom is -0.479 e. The van der Waals surface area contributed by atoms with E-state index in [0.29, 0.717) is 19.3 Å². The largest absolute Gasteiger partial charge is 0.479 e. The molecule has 1 aliphatic rings. The van der Waals surface area contributed by atoms with Crippen molar-refractivity contribution >= 4 is 23.9 Å². The zero-order valence-corrected chi connectivity index (χ0v) is 43.8. The number of carboxylic acid groups (broad SMARTS) is 1. The van der Waals surface area contributed by atoms with Gasteiger partial charge in [0.15, 0.2) is 24.6 Å². The lowest BCUT2D eigenvalue weighted by molar-refractivity contribution is -0.301. The highest BCUT2D eigenvalue weighted by Crippen LogP contribution is 2.26. The molecule has 1 saturated heterocycles. The number of allylic oxidation sites excluding steroid dienone is 6. The van der Waals surface area contributed by atoms with Crippen molar-refractivity contribution in [1.82, 2.24) is 0 Å². The number of hydrogen-bond donors (Lipinski definition) is 3. The summed E-state index contributed by atoms with van der Waals surface area (Å²) in [5, 5.41) is 31.4. The Morgan fingerprint density at radius 3 is 1.39 bits per heavy atom. The minimum absolute atomic E-state index is 0.0285. The van der Waals surface area contributed by atoms with Gasteiger partial charge in [-0.05, 0) is 51.4 Å². The van der Waals surface area contributed by atoms with Crippen molar-refractivity contribution in [2.45, 2.75) is 289 Å². The molecule has 0 aromatic heterocycles. The quantitative estimate of drug-likeness (QED) is 0.0228. The first-order valence-corrected chi connectivity index (χ1v) is 28.0. The molecule has 0 amide bonds.